The third-order valence-electron chi connectivity index (χ3n) is 1.98. The lowest BCUT2D eigenvalue weighted by Gasteiger charge is -2.19. The van der Waals surface area contributed by atoms with Crippen LogP contribution in [0.1, 0.15) is 26.7 Å². The molecule has 0 aromatic heterocycles. The van der Waals surface area contributed by atoms with E-state index in [-0.39, 0.29) is 0 Å². The Kier molecular flexibility index (Phi) is 5.64. The summed E-state index contributed by atoms with van der Waals surface area (Å²) in [7, 11) is 3.68. The lowest BCUT2D eigenvalue weighted by atomic mass is 10.0. The Morgan fingerprint density at radius 3 is 2.10 bits per heavy atom. The Morgan fingerprint density at radius 1 is 1.30 bits per heavy atom. The highest BCUT2D eigenvalue weighted by molar-refractivity contribution is 4.54. The van der Waals surface area contributed by atoms with Crippen molar-refractivity contribution in [3.8, 4) is 0 Å². The van der Waals surface area contributed by atoms with Crippen LogP contribution in [0, 0.1) is 5.92 Å². The maximum Gasteiger partial charge on any atom is 0.0575 e. The molecule has 0 fully saturated rings. The van der Waals surface area contributed by atoms with Gasteiger partial charge in [0, 0.05) is 13.6 Å². The molecule has 0 bridgehead atoms. The Morgan fingerprint density at radius 2 is 1.80 bits per heavy atom. The van der Waals surface area contributed by atoms with Gasteiger partial charge in [-0.1, -0.05) is 26.7 Å². The average molecular weight is 145 g/mol. The summed E-state index contributed by atoms with van der Waals surface area (Å²) in [6.45, 7) is 5.48. The number of hydroxylamine groups is 2. The maximum atomic E-state index is 5.02. The predicted molar refractivity (Wildman–Crippen MR) is 43.7 cm³/mol. The molecular formula is C8H19NO. The van der Waals surface area contributed by atoms with E-state index in [1.54, 1.807) is 7.11 Å². The van der Waals surface area contributed by atoms with Crippen molar-refractivity contribution in [2.45, 2.75) is 26.7 Å². The fourth-order valence-corrected chi connectivity index (χ4v) is 0.985. The number of nitrogens with zero attached hydrogens (tertiary/aromatic N) is 1. The van der Waals surface area contributed by atoms with Gasteiger partial charge in [0.1, 0.15) is 0 Å². The van der Waals surface area contributed by atoms with E-state index >= 15 is 0 Å². The molecule has 0 rings (SSSR count). The van der Waals surface area contributed by atoms with E-state index < -0.39 is 0 Å². The molecule has 0 unspecified atom stereocenters. The SMILES string of the molecule is CCC(CC)CN(C)OC. The van der Waals surface area contributed by atoms with Crippen molar-refractivity contribution in [1.82, 2.24) is 5.06 Å². The molecule has 0 saturated carbocycles. The molecule has 0 aromatic rings. The predicted octanol–water partition coefficient (Wildman–Crippen LogP) is 1.92. The van der Waals surface area contributed by atoms with Gasteiger partial charge in [-0.15, -0.1) is 0 Å². The highest BCUT2D eigenvalue weighted by Gasteiger charge is 2.05. The van der Waals surface area contributed by atoms with Crippen molar-refractivity contribution < 1.29 is 4.84 Å². The van der Waals surface area contributed by atoms with Gasteiger partial charge < -0.3 is 4.84 Å². The number of rotatable bonds is 5. The maximum absolute atomic E-state index is 5.02. The van der Waals surface area contributed by atoms with E-state index in [0.29, 0.717) is 0 Å². The van der Waals surface area contributed by atoms with Gasteiger partial charge in [0.05, 0.1) is 7.11 Å². The van der Waals surface area contributed by atoms with Crippen molar-refractivity contribution in [2.75, 3.05) is 20.7 Å². The summed E-state index contributed by atoms with van der Waals surface area (Å²) in [5.74, 6) is 0.782. The van der Waals surface area contributed by atoms with Gasteiger partial charge in [-0.3, -0.25) is 0 Å². The topological polar surface area (TPSA) is 12.5 Å². The molecule has 0 saturated heterocycles. The van der Waals surface area contributed by atoms with Crippen LogP contribution in [0.25, 0.3) is 0 Å². The Hall–Kier alpha value is -0.0800. The van der Waals surface area contributed by atoms with Gasteiger partial charge >= 0.3 is 0 Å². The van der Waals surface area contributed by atoms with Crippen LogP contribution in [0.2, 0.25) is 0 Å². The van der Waals surface area contributed by atoms with E-state index in [1.165, 1.54) is 12.8 Å². The molecule has 0 aromatic carbocycles. The van der Waals surface area contributed by atoms with Crippen molar-refractivity contribution >= 4 is 0 Å². The first-order valence-corrected chi connectivity index (χ1v) is 3.99. The van der Waals surface area contributed by atoms with Crippen LogP contribution < -0.4 is 0 Å². The van der Waals surface area contributed by atoms with Gasteiger partial charge in [-0.25, -0.2) is 0 Å². The Balaban J connectivity index is 3.41. The summed E-state index contributed by atoms with van der Waals surface area (Å²) < 4.78 is 0. The van der Waals surface area contributed by atoms with Crippen LogP contribution >= 0.6 is 0 Å². The first kappa shape index (κ1) is 9.92. The second-order valence-electron chi connectivity index (χ2n) is 2.68. The van der Waals surface area contributed by atoms with E-state index in [1.807, 2.05) is 12.1 Å². The molecule has 2 heteroatoms. The number of hydrogen-bond donors (Lipinski definition) is 0. The Labute approximate surface area is 64.1 Å². The van der Waals surface area contributed by atoms with E-state index in [0.717, 1.165) is 12.5 Å². The second kappa shape index (κ2) is 5.69. The molecule has 2 nitrogen and oxygen atoms in total. The van der Waals surface area contributed by atoms with Crippen molar-refractivity contribution in [2.24, 2.45) is 5.92 Å². The van der Waals surface area contributed by atoms with Crippen LogP contribution in [0.4, 0.5) is 0 Å². The first-order chi connectivity index (χ1) is 4.74. The molecule has 0 aliphatic rings. The van der Waals surface area contributed by atoms with Crippen molar-refractivity contribution in [3.63, 3.8) is 0 Å². The van der Waals surface area contributed by atoms with E-state index in [2.05, 4.69) is 13.8 Å². The zero-order valence-corrected chi connectivity index (χ0v) is 7.55. The minimum atomic E-state index is 0.782. The molecule has 10 heavy (non-hydrogen) atoms. The third-order valence-corrected chi connectivity index (χ3v) is 1.98. The lowest BCUT2D eigenvalue weighted by molar-refractivity contribution is -0.118. The molecule has 0 amide bonds. The minimum absolute atomic E-state index is 0.782. The summed E-state index contributed by atoms with van der Waals surface area (Å²) in [5.41, 5.74) is 0. The van der Waals surface area contributed by atoms with E-state index in [9.17, 15) is 0 Å². The summed E-state index contributed by atoms with van der Waals surface area (Å²) in [4.78, 5) is 5.02. The fourth-order valence-electron chi connectivity index (χ4n) is 0.985. The zero-order chi connectivity index (χ0) is 7.98. The molecule has 0 aliphatic heterocycles. The van der Waals surface area contributed by atoms with Crippen LogP contribution in [-0.4, -0.2) is 25.8 Å². The molecule has 0 aliphatic carbocycles. The van der Waals surface area contributed by atoms with Crippen LogP contribution in [0.15, 0.2) is 0 Å². The monoisotopic (exact) mass is 145 g/mol. The average Bonchev–Trinajstić information content (AvgIpc) is 1.99. The van der Waals surface area contributed by atoms with Crippen molar-refractivity contribution in [3.05, 3.63) is 0 Å². The molecule has 0 atom stereocenters. The van der Waals surface area contributed by atoms with Gasteiger partial charge in [-0.2, -0.15) is 5.06 Å². The fraction of sp³-hybridized carbons (Fsp3) is 1.00. The van der Waals surface area contributed by atoms with Crippen LogP contribution in [0.5, 0.6) is 0 Å². The van der Waals surface area contributed by atoms with Crippen LogP contribution in [0.3, 0.4) is 0 Å². The summed E-state index contributed by atoms with van der Waals surface area (Å²) in [6.07, 6.45) is 2.48. The largest absolute Gasteiger partial charge is 0.303 e. The lowest BCUT2D eigenvalue weighted by Crippen LogP contribution is -2.23. The molecule has 62 valence electrons. The third kappa shape index (κ3) is 3.85. The molecular weight excluding hydrogens is 126 g/mol. The summed E-state index contributed by atoms with van der Waals surface area (Å²) in [6, 6.07) is 0. The highest BCUT2D eigenvalue weighted by atomic mass is 16.7. The first-order valence-electron chi connectivity index (χ1n) is 3.99. The molecule has 0 spiro atoms. The van der Waals surface area contributed by atoms with E-state index in [4.69, 9.17) is 4.84 Å². The molecule has 0 radical (unpaired) electrons. The van der Waals surface area contributed by atoms with Gasteiger partial charge in [-0.05, 0) is 5.92 Å². The van der Waals surface area contributed by atoms with Crippen LogP contribution in [-0.2, 0) is 4.84 Å². The normalized spacial score (nSPS) is 11.4. The minimum Gasteiger partial charge on any atom is -0.303 e. The quantitative estimate of drug-likeness (QED) is 0.548. The molecule has 0 heterocycles. The van der Waals surface area contributed by atoms with Crippen molar-refractivity contribution in [1.29, 1.82) is 0 Å². The summed E-state index contributed by atoms with van der Waals surface area (Å²) >= 11 is 0. The Bertz CT molecular complexity index is 71.7. The van der Waals surface area contributed by atoms with Gasteiger partial charge in [0.25, 0.3) is 0 Å². The number of hydrogen-bond acceptors (Lipinski definition) is 2. The molecule has 0 N–H and O–H groups in total. The zero-order valence-electron chi connectivity index (χ0n) is 7.55. The highest BCUT2D eigenvalue weighted by Crippen LogP contribution is 2.08. The second-order valence-corrected chi connectivity index (χ2v) is 2.68. The smallest absolute Gasteiger partial charge is 0.0575 e. The van der Waals surface area contributed by atoms with Gasteiger partial charge in [0.2, 0.25) is 0 Å². The summed E-state index contributed by atoms with van der Waals surface area (Å²) in [5, 5.41) is 1.89. The standard InChI is InChI=1S/C8H19NO/c1-5-8(6-2)7-9(3)10-4/h8H,5-7H2,1-4H3. The van der Waals surface area contributed by atoms with Gasteiger partial charge in [0.15, 0.2) is 0 Å².